The molecule has 2 aromatic rings. The van der Waals surface area contributed by atoms with E-state index in [0.717, 1.165) is 16.8 Å². The highest BCUT2D eigenvalue weighted by molar-refractivity contribution is 6.23. The minimum Gasteiger partial charge on any atom is -0.324 e. The monoisotopic (exact) mass is 492 g/mol. The van der Waals surface area contributed by atoms with Crippen LogP contribution in [0.1, 0.15) is 52.7 Å². The van der Waals surface area contributed by atoms with Crippen molar-refractivity contribution >= 4 is 29.2 Å². The number of imide groups is 1. The van der Waals surface area contributed by atoms with Crippen molar-refractivity contribution in [3.05, 3.63) is 53.9 Å². The number of fused-ring (bicyclic) bond motifs is 1. The lowest BCUT2D eigenvalue weighted by Crippen LogP contribution is -2.47. The number of nitrogens with two attached hydrogens (primary N) is 1. The third-order valence-electron chi connectivity index (χ3n) is 6.88. The summed E-state index contributed by atoms with van der Waals surface area (Å²) in [5.74, 6) is -0.384. The van der Waals surface area contributed by atoms with Crippen molar-refractivity contribution in [2.45, 2.75) is 64.6 Å². The van der Waals surface area contributed by atoms with Gasteiger partial charge in [-0.25, -0.2) is 9.69 Å². The Morgan fingerprint density at radius 1 is 1.11 bits per heavy atom. The van der Waals surface area contributed by atoms with E-state index in [1.165, 1.54) is 4.90 Å². The fourth-order valence-electron chi connectivity index (χ4n) is 4.83. The number of carbonyl (C=O) groups is 3. The van der Waals surface area contributed by atoms with Crippen LogP contribution < -0.4 is 20.9 Å². The van der Waals surface area contributed by atoms with Crippen molar-refractivity contribution in [2.75, 3.05) is 29.4 Å². The molecule has 1 fully saturated rings. The van der Waals surface area contributed by atoms with Crippen LogP contribution in [0.5, 0.6) is 0 Å². The smallest absolute Gasteiger partial charge is 0.324 e. The number of urea groups is 1. The Morgan fingerprint density at radius 2 is 1.78 bits per heavy atom. The van der Waals surface area contributed by atoms with Crippen LogP contribution in [0.15, 0.2) is 42.7 Å². The van der Waals surface area contributed by atoms with Crippen molar-refractivity contribution in [1.29, 1.82) is 0 Å². The Morgan fingerprint density at radius 3 is 2.42 bits per heavy atom. The van der Waals surface area contributed by atoms with Crippen LogP contribution in [-0.2, 0) is 21.5 Å². The second-order valence-electron chi connectivity index (χ2n) is 11.6. The lowest BCUT2D eigenvalue weighted by atomic mass is 9.87. The van der Waals surface area contributed by atoms with Gasteiger partial charge in [-0.2, -0.15) is 0 Å². The van der Waals surface area contributed by atoms with Gasteiger partial charge in [-0.05, 0) is 63.1 Å². The summed E-state index contributed by atoms with van der Waals surface area (Å²) >= 11 is 0. The molecule has 0 unspecified atom stereocenters. The van der Waals surface area contributed by atoms with Gasteiger partial charge in [0.15, 0.2) is 0 Å². The molecule has 0 saturated carbocycles. The van der Waals surface area contributed by atoms with E-state index in [9.17, 15) is 14.4 Å². The molecule has 0 bridgehead atoms. The van der Waals surface area contributed by atoms with Gasteiger partial charge in [0.25, 0.3) is 5.91 Å². The van der Waals surface area contributed by atoms with Crippen LogP contribution in [0.2, 0.25) is 0 Å². The van der Waals surface area contributed by atoms with Crippen LogP contribution in [0.25, 0.3) is 0 Å². The maximum atomic E-state index is 13.5. The number of nitrogens with one attached hydrogen (secondary N) is 1. The van der Waals surface area contributed by atoms with Crippen LogP contribution in [0, 0.1) is 0 Å². The van der Waals surface area contributed by atoms with Crippen molar-refractivity contribution in [3.63, 3.8) is 0 Å². The van der Waals surface area contributed by atoms with Gasteiger partial charge in [-0.15, -0.1) is 0 Å². The standard InChI is InChI=1S/C27H36N6O3/c1-25(2)17-31(22(34)14-30-16-26(3,4)28)21-13-19(7-8-20(21)25)33-23(35)27(5,6)32(24(33)36)15-18-9-11-29-12-10-18/h7-13,30H,14-17,28H2,1-6H3. The van der Waals surface area contributed by atoms with Crippen LogP contribution in [0.3, 0.4) is 0 Å². The lowest BCUT2D eigenvalue weighted by molar-refractivity contribution is -0.123. The molecule has 4 rings (SSSR count). The van der Waals surface area contributed by atoms with E-state index in [4.69, 9.17) is 5.73 Å². The number of anilines is 2. The Hall–Kier alpha value is -3.30. The van der Waals surface area contributed by atoms with Gasteiger partial charge in [-0.1, -0.05) is 19.9 Å². The summed E-state index contributed by atoms with van der Waals surface area (Å²) in [6.07, 6.45) is 3.33. The molecule has 9 nitrogen and oxygen atoms in total. The largest absolute Gasteiger partial charge is 0.332 e. The summed E-state index contributed by atoms with van der Waals surface area (Å²) < 4.78 is 0. The van der Waals surface area contributed by atoms with Gasteiger partial charge in [0, 0.05) is 48.7 Å². The highest BCUT2D eigenvalue weighted by Crippen LogP contribution is 2.43. The molecule has 9 heteroatoms. The number of pyridine rings is 1. The van der Waals surface area contributed by atoms with E-state index in [1.807, 2.05) is 32.0 Å². The zero-order valence-electron chi connectivity index (χ0n) is 22.0. The summed E-state index contributed by atoms with van der Waals surface area (Å²) in [5, 5.41) is 3.14. The van der Waals surface area contributed by atoms with Gasteiger partial charge >= 0.3 is 6.03 Å². The summed E-state index contributed by atoms with van der Waals surface area (Å²) in [6, 6.07) is 8.79. The van der Waals surface area contributed by atoms with Crippen LogP contribution >= 0.6 is 0 Å². The number of hydrogen-bond acceptors (Lipinski definition) is 6. The topological polar surface area (TPSA) is 112 Å². The number of rotatable bonds is 7. The Kier molecular flexibility index (Phi) is 6.43. The third-order valence-corrected chi connectivity index (χ3v) is 6.88. The second-order valence-corrected chi connectivity index (χ2v) is 11.6. The maximum absolute atomic E-state index is 13.5. The first-order valence-electron chi connectivity index (χ1n) is 12.2. The quantitative estimate of drug-likeness (QED) is 0.575. The van der Waals surface area contributed by atoms with Crippen molar-refractivity contribution in [3.8, 4) is 0 Å². The predicted molar refractivity (Wildman–Crippen MR) is 140 cm³/mol. The number of aromatic nitrogens is 1. The predicted octanol–water partition coefficient (Wildman–Crippen LogP) is 2.78. The first-order chi connectivity index (χ1) is 16.7. The molecule has 2 aliphatic heterocycles. The van der Waals surface area contributed by atoms with E-state index in [1.54, 1.807) is 48.2 Å². The van der Waals surface area contributed by atoms with E-state index < -0.39 is 11.1 Å². The number of benzene rings is 1. The second kappa shape index (κ2) is 8.97. The Bertz CT molecular complexity index is 1190. The number of carbonyl (C=O) groups excluding carboxylic acids is 3. The van der Waals surface area contributed by atoms with Gasteiger partial charge in [0.2, 0.25) is 5.91 Å². The molecule has 0 atom stereocenters. The fourth-order valence-corrected chi connectivity index (χ4v) is 4.83. The molecular weight excluding hydrogens is 456 g/mol. The molecule has 192 valence electrons. The summed E-state index contributed by atoms with van der Waals surface area (Å²) in [6.45, 7) is 12.9. The molecule has 3 heterocycles. The molecule has 1 saturated heterocycles. The van der Waals surface area contributed by atoms with Gasteiger partial charge in [-0.3, -0.25) is 14.6 Å². The molecule has 2 aliphatic rings. The first kappa shape index (κ1) is 25.8. The molecule has 1 aromatic carbocycles. The van der Waals surface area contributed by atoms with Crippen molar-refractivity contribution < 1.29 is 14.4 Å². The maximum Gasteiger partial charge on any atom is 0.332 e. The molecular formula is C27H36N6O3. The number of hydrogen-bond donors (Lipinski definition) is 2. The van der Waals surface area contributed by atoms with Crippen LogP contribution in [-0.4, -0.2) is 58.4 Å². The van der Waals surface area contributed by atoms with Gasteiger partial charge in [0.1, 0.15) is 5.54 Å². The molecule has 0 radical (unpaired) electrons. The van der Waals surface area contributed by atoms with E-state index in [-0.39, 0.29) is 29.8 Å². The van der Waals surface area contributed by atoms with Gasteiger partial charge in [0.05, 0.1) is 12.2 Å². The van der Waals surface area contributed by atoms with Crippen molar-refractivity contribution in [2.24, 2.45) is 5.73 Å². The molecule has 36 heavy (non-hydrogen) atoms. The number of nitrogens with zero attached hydrogens (tertiary/aromatic N) is 4. The molecule has 4 amide bonds. The summed E-state index contributed by atoms with van der Waals surface area (Å²) in [5.41, 5.74) is 7.40. The fraction of sp³-hybridized carbons (Fsp3) is 0.481. The minimum absolute atomic E-state index is 0.0815. The normalized spacial score (nSPS) is 18.7. The van der Waals surface area contributed by atoms with E-state index >= 15 is 0 Å². The van der Waals surface area contributed by atoms with Crippen LogP contribution in [0.4, 0.5) is 16.2 Å². The molecule has 0 aliphatic carbocycles. The summed E-state index contributed by atoms with van der Waals surface area (Å²) in [7, 11) is 0. The molecule has 0 spiro atoms. The first-order valence-corrected chi connectivity index (χ1v) is 12.2. The molecule has 3 N–H and O–H groups in total. The van der Waals surface area contributed by atoms with Gasteiger partial charge < -0.3 is 20.9 Å². The third kappa shape index (κ3) is 4.73. The highest BCUT2D eigenvalue weighted by atomic mass is 16.2. The Labute approximate surface area is 212 Å². The minimum atomic E-state index is -1.02. The van der Waals surface area contributed by atoms with E-state index in [0.29, 0.717) is 25.3 Å². The zero-order valence-corrected chi connectivity index (χ0v) is 22.0. The SMILES string of the molecule is CC(C)(N)CNCC(=O)N1CC(C)(C)c2ccc(N3C(=O)N(Cc4ccncc4)C(C)(C)C3=O)cc21. The Balaban J connectivity index is 1.63. The molecule has 1 aromatic heterocycles. The zero-order chi connectivity index (χ0) is 26.5. The average molecular weight is 493 g/mol. The summed E-state index contributed by atoms with van der Waals surface area (Å²) in [4.78, 5) is 48.7. The van der Waals surface area contributed by atoms with E-state index in [2.05, 4.69) is 24.1 Å². The number of amides is 4. The average Bonchev–Trinajstić information content (AvgIpc) is 3.15. The van der Waals surface area contributed by atoms with Crippen molar-refractivity contribution in [1.82, 2.24) is 15.2 Å². The highest BCUT2D eigenvalue weighted by Gasteiger charge is 2.52. The lowest BCUT2D eigenvalue weighted by Gasteiger charge is -2.27.